The van der Waals surface area contributed by atoms with Crippen molar-refractivity contribution < 1.29 is 8.42 Å². The Bertz CT molecular complexity index is 512. The van der Waals surface area contributed by atoms with E-state index in [9.17, 15) is 8.42 Å². The molecule has 0 aliphatic heterocycles. The highest BCUT2D eigenvalue weighted by Crippen LogP contribution is 2.24. The van der Waals surface area contributed by atoms with Gasteiger partial charge in [0.05, 0.1) is 5.69 Å². The lowest BCUT2D eigenvalue weighted by atomic mass is 10.1. The van der Waals surface area contributed by atoms with Crippen LogP contribution in [0.15, 0.2) is 18.2 Å². The summed E-state index contributed by atoms with van der Waals surface area (Å²) in [6, 6.07) is 5.38. The van der Waals surface area contributed by atoms with E-state index in [2.05, 4.69) is 0 Å². The smallest absolute Gasteiger partial charge is 0.303 e. The largest absolute Gasteiger partial charge is 0.398 e. The van der Waals surface area contributed by atoms with E-state index >= 15 is 0 Å². The van der Waals surface area contributed by atoms with Gasteiger partial charge < -0.3 is 5.73 Å². The number of nitrogens with zero attached hydrogens (tertiary/aromatic N) is 2. The molecule has 2 N–H and O–H groups in total. The standard InChI is InChI=1S/C12H21N3O2S/c1-5-10-7-8-11(9-12(10)13)15(6-2)18(16,17)14(3)4/h7-9H,5-6,13H2,1-4H3. The molecule has 0 amide bonds. The summed E-state index contributed by atoms with van der Waals surface area (Å²) in [5.41, 5.74) is 8.16. The molecule has 0 fully saturated rings. The van der Waals surface area contributed by atoms with Gasteiger partial charge in [-0.3, -0.25) is 4.31 Å². The fourth-order valence-corrected chi connectivity index (χ4v) is 2.84. The fourth-order valence-electron chi connectivity index (χ4n) is 1.74. The van der Waals surface area contributed by atoms with Crippen LogP contribution in [0.4, 0.5) is 11.4 Å². The monoisotopic (exact) mass is 271 g/mol. The van der Waals surface area contributed by atoms with E-state index in [0.717, 1.165) is 12.0 Å². The number of benzene rings is 1. The number of anilines is 2. The Labute approximate surface area is 109 Å². The zero-order valence-electron chi connectivity index (χ0n) is 11.3. The number of hydrogen-bond acceptors (Lipinski definition) is 3. The first-order valence-corrected chi connectivity index (χ1v) is 7.32. The summed E-state index contributed by atoms with van der Waals surface area (Å²) in [6.07, 6.45) is 0.832. The van der Waals surface area contributed by atoms with Crippen LogP contribution in [0.25, 0.3) is 0 Å². The minimum atomic E-state index is -3.47. The molecule has 18 heavy (non-hydrogen) atoms. The average molecular weight is 271 g/mol. The van der Waals surface area contributed by atoms with Gasteiger partial charge in [0.25, 0.3) is 0 Å². The van der Waals surface area contributed by atoms with Gasteiger partial charge >= 0.3 is 10.2 Å². The van der Waals surface area contributed by atoms with Crippen LogP contribution in [0, 0.1) is 0 Å². The SMILES string of the molecule is CCc1ccc(N(CC)S(=O)(=O)N(C)C)cc1N. The number of nitrogens with two attached hydrogens (primary N) is 1. The van der Waals surface area contributed by atoms with Crippen LogP contribution in [-0.4, -0.2) is 33.4 Å². The van der Waals surface area contributed by atoms with Crippen LogP contribution >= 0.6 is 0 Å². The van der Waals surface area contributed by atoms with Crippen molar-refractivity contribution in [3.05, 3.63) is 23.8 Å². The molecule has 0 saturated heterocycles. The second-order valence-electron chi connectivity index (χ2n) is 4.19. The molecule has 0 radical (unpaired) electrons. The first-order chi connectivity index (χ1) is 8.34. The number of aryl methyl sites for hydroxylation is 1. The highest BCUT2D eigenvalue weighted by atomic mass is 32.2. The first kappa shape index (κ1) is 14.8. The highest BCUT2D eigenvalue weighted by Gasteiger charge is 2.23. The molecule has 0 aromatic heterocycles. The van der Waals surface area contributed by atoms with Crippen LogP contribution in [0.3, 0.4) is 0 Å². The molecule has 0 saturated carbocycles. The molecule has 5 nitrogen and oxygen atoms in total. The van der Waals surface area contributed by atoms with Crippen molar-refractivity contribution in [1.29, 1.82) is 0 Å². The van der Waals surface area contributed by atoms with Gasteiger partial charge in [0.15, 0.2) is 0 Å². The van der Waals surface area contributed by atoms with Gasteiger partial charge in [0.1, 0.15) is 0 Å². The number of hydrogen-bond donors (Lipinski definition) is 1. The van der Waals surface area contributed by atoms with Crippen LogP contribution in [0.2, 0.25) is 0 Å². The van der Waals surface area contributed by atoms with Gasteiger partial charge in [-0.25, -0.2) is 0 Å². The lowest BCUT2D eigenvalue weighted by Gasteiger charge is -2.26. The van der Waals surface area contributed by atoms with Gasteiger partial charge in [-0.05, 0) is 31.0 Å². The summed E-state index contributed by atoms with van der Waals surface area (Å²) >= 11 is 0. The lowest BCUT2D eigenvalue weighted by Crippen LogP contribution is -2.40. The minimum absolute atomic E-state index is 0.366. The van der Waals surface area contributed by atoms with E-state index in [1.807, 2.05) is 13.0 Å². The summed E-state index contributed by atoms with van der Waals surface area (Å²) in [7, 11) is -0.436. The molecular weight excluding hydrogens is 250 g/mol. The topological polar surface area (TPSA) is 66.6 Å². The van der Waals surface area contributed by atoms with Crippen molar-refractivity contribution >= 4 is 21.6 Å². The summed E-state index contributed by atoms with van der Waals surface area (Å²) in [5, 5.41) is 0. The van der Waals surface area contributed by atoms with Crippen LogP contribution in [0.1, 0.15) is 19.4 Å². The van der Waals surface area contributed by atoms with Gasteiger partial charge in [0, 0.05) is 26.3 Å². The molecule has 0 aliphatic carbocycles. The van der Waals surface area contributed by atoms with Crippen molar-refractivity contribution in [2.75, 3.05) is 30.7 Å². The van der Waals surface area contributed by atoms with E-state index in [4.69, 9.17) is 5.73 Å². The zero-order valence-corrected chi connectivity index (χ0v) is 12.2. The predicted molar refractivity (Wildman–Crippen MR) is 75.9 cm³/mol. The Balaban J connectivity index is 3.23. The first-order valence-electron chi connectivity index (χ1n) is 5.93. The van der Waals surface area contributed by atoms with Crippen molar-refractivity contribution in [1.82, 2.24) is 4.31 Å². The molecule has 1 aromatic carbocycles. The fraction of sp³-hybridized carbons (Fsp3) is 0.500. The molecule has 1 aromatic rings. The van der Waals surface area contributed by atoms with E-state index in [1.54, 1.807) is 19.1 Å². The molecule has 102 valence electrons. The Morgan fingerprint density at radius 1 is 1.22 bits per heavy atom. The molecule has 0 bridgehead atoms. The molecule has 6 heteroatoms. The molecular formula is C12H21N3O2S. The number of nitrogen functional groups attached to an aromatic ring is 1. The summed E-state index contributed by atoms with van der Waals surface area (Å²) in [4.78, 5) is 0. The average Bonchev–Trinajstić information content (AvgIpc) is 2.29. The van der Waals surface area contributed by atoms with Crippen LogP contribution < -0.4 is 10.0 Å². The van der Waals surface area contributed by atoms with Gasteiger partial charge in [-0.2, -0.15) is 12.7 Å². The summed E-state index contributed by atoms with van der Waals surface area (Å²) < 4.78 is 26.8. The summed E-state index contributed by atoms with van der Waals surface area (Å²) in [6.45, 7) is 4.18. The quantitative estimate of drug-likeness (QED) is 0.825. The Hall–Kier alpha value is -1.27. The van der Waals surface area contributed by atoms with E-state index < -0.39 is 10.2 Å². The molecule has 0 unspecified atom stereocenters. The Morgan fingerprint density at radius 3 is 2.22 bits per heavy atom. The number of rotatable bonds is 5. The molecule has 0 heterocycles. The molecule has 0 spiro atoms. The second kappa shape index (κ2) is 5.58. The van der Waals surface area contributed by atoms with E-state index in [0.29, 0.717) is 17.9 Å². The Morgan fingerprint density at radius 2 is 1.83 bits per heavy atom. The third kappa shape index (κ3) is 2.76. The molecule has 0 aliphatic rings. The van der Waals surface area contributed by atoms with E-state index in [-0.39, 0.29) is 0 Å². The molecule has 0 atom stereocenters. The Kier molecular flexibility index (Phi) is 4.59. The zero-order chi connectivity index (χ0) is 13.9. The van der Waals surface area contributed by atoms with Crippen LogP contribution in [0.5, 0.6) is 0 Å². The lowest BCUT2D eigenvalue weighted by molar-refractivity contribution is 0.516. The van der Waals surface area contributed by atoms with Gasteiger partial charge in [-0.1, -0.05) is 13.0 Å². The van der Waals surface area contributed by atoms with Gasteiger partial charge in [-0.15, -0.1) is 0 Å². The maximum atomic E-state index is 12.1. The maximum Gasteiger partial charge on any atom is 0.303 e. The van der Waals surface area contributed by atoms with Crippen molar-refractivity contribution in [3.63, 3.8) is 0 Å². The van der Waals surface area contributed by atoms with Crippen molar-refractivity contribution in [3.8, 4) is 0 Å². The predicted octanol–water partition coefficient (Wildman–Crippen LogP) is 1.46. The molecule has 1 rings (SSSR count). The van der Waals surface area contributed by atoms with Crippen LogP contribution in [-0.2, 0) is 16.6 Å². The van der Waals surface area contributed by atoms with Crippen molar-refractivity contribution in [2.24, 2.45) is 0 Å². The van der Waals surface area contributed by atoms with E-state index in [1.165, 1.54) is 22.7 Å². The third-order valence-corrected chi connectivity index (χ3v) is 4.77. The normalized spacial score (nSPS) is 11.8. The van der Waals surface area contributed by atoms with Crippen molar-refractivity contribution in [2.45, 2.75) is 20.3 Å². The van der Waals surface area contributed by atoms with Gasteiger partial charge in [0.2, 0.25) is 0 Å². The minimum Gasteiger partial charge on any atom is -0.398 e. The highest BCUT2D eigenvalue weighted by molar-refractivity contribution is 7.90. The summed E-state index contributed by atoms with van der Waals surface area (Å²) in [5.74, 6) is 0. The maximum absolute atomic E-state index is 12.1. The third-order valence-electron chi connectivity index (χ3n) is 2.83. The second-order valence-corrected chi connectivity index (χ2v) is 6.26.